The van der Waals surface area contributed by atoms with Crippen molar-refractivity contribution in [2.75, 3.05) is 26.2 Å². The molecule has 0 spiro atoms. The van der Waals surface area contributed by atoms with E-state index in [1.165, 1.54) is 0 Å². The number of aromatic nitrogens is 3. The Morgan fingerprint density at radius 3 is 2.67 bits per heavy atom. The molecule has 4 heterocycles. The molecule has 0 unspecified atom stereocenters. The molecule has 0 bridgehead atoms. The van der Waals surface area contributed by atoms with Crippen LogP contribution in [0.5, 0.6) is 0 Å². The molecular weight excluding hydrogens is 342 g/mol. The molecule has 27 heavy (non-hydrogen) atoms. The number of hydrogen-bond donors (Lipinski definition) is 0. The monoisotopic (exact) mass is 369 g/mol. The lowest BCUT2D eigenvalue weighted by molar-refractivity contribution is 0.0701. The minimum Gasteiger partial charge on any atom is -0.347 e. The minimum absolute atomic E-state index is 0.0880. The third kappa shape index (κ3) is 3.26. The van der Waals surface area contributed by atoms with Gasteiger partial charge in [-0.05, 0) is 44.4 Å². The van der Waals surface area contributed by atoms with Crippen LogP contribution < -0.4 is 0 Å². The maximum atomic E-state index is 12.7. The molecule has 1 saturated heterocycles. The average molecular weight is 369 g/mol. The number of aryl methyl sites for hydroxylation is 2. The second kappa shape index (κ2) is 7.21. The molecule has 4 rings (SSSR count). The van der Waals surface area contributed by atoms with Crippen molar-refractivity contribution in [2.45, 2.75) is 38.6 Å². The summed E-state index contributed by atoms with van der Waals surface area (Å²) < 4.78 is 3.75. The van der Waals surface area contributed by atoms with Crippen LogP contribution in [0.3, 0.4) is 0 Å². The van der Waals surface area contributed by atoms with Gasteiger partial charge < -0.3 is 14.4 Å². The molecule has 2 aliphatic heterocycles. The zero-order valence-electron chi connectivity index (χ0n) is 16.1. The molecule has 0 saturated carbocycles. The van der Waals surface area contributed by atoms with E-state index in [1.807, 2.05) is 57.4 Å². The van der Waals surface area contributed by atoms with Crippen LogP contribution in [0, 0.1) is 0 Å². The summed E-state index contributed by atoms with van der Waals surface area (Å²) in [5.41, 5.74) is 2.45. The number of fused-ring (bicyclic) bond motifs is 1. The summed E-state index contributed by atoms with van der Waals surface area (Å²) >= 11 is 0. The molecule has 144 valence electrons. The highest BCUT2D eigenvalue weighted by Gasteiger charge is 2.30. The van der Waals surface area contributed by atoms with Crippen LogP contribution in [0.25, 0.3) is 0 Å². The van der Waals surface area contributed by atoms with Gasteiger partial charge in [0, 0.05) is 51.9 Å². The Labute approximate surface area is 159 Å². The lowest BCUT2D eigenvalue weighted by Crippen LogP contribution is -2.38. The molecule has 2 aliphatic rings. The van der Waals surface area contributed by atoms with Crippen molar-refractivity contribution >= 4 is 11.8 Å². The van der Waals surface area contributed by atoms with Gasteiger partial charge in [0.25, 0.3) is 11.8 Å². The fourth-order valence-corrected chi connectivity index (χ4v) is 4.18. The van der Waals surface area contributed by atoms with Crippen LogP contribution in [0.1, 0.15) is 58.8 Å². The van der Waals surface area contributed by atoms with E-state index in [0.717, 1.165) is 63.4 Å². The van der Waals surface area contributed by atoms with E-state index in [-0.39, 0.29) is 11.8 Å². The summed E-state index contributed by atoms with van der Waals surface area (Å²) in [5.74, 6) is 0.491. The number of likely N-dealkylation sites (tertiary alicyclic amines) is 1. The highest BCUT2D eigenvalue weighted by atomic mass is 16.2. The van der Waals surface area contributed by atoms with Gasteiger partial charge in [-0.15, -0.1) is 0 Å². The van der Waals surface area contributed by atoms with Crippen LogP contribution in [0.15, 0.2) is 24.4 Å². The second-order valence-corrected chi connectivity index (χ2v) is 7.49. The Morgan fingerprint density at radius 1 is 1.22 bits per heavy atom. The van der Waals surface area contributed by atoms with Gasteiger partial charge >= 0.3 is 0 Å². The molecule has 0 radical (unpaired) electrons. The van der Waals surface area contributed by atoms with Crippen molar-refractivity contribution in [2.24, 2.45) is 7.05 Å². The van der Waals surface area contributed by atoms with Gasteiger partial charge in [-0.1, -0.05) is 0 Å². The van der Waals surface area contributed by atoms with Crippen molar-refractivity contribution in [3.63, 3.8) is 0 Å². The fraction of sp³-hybridized carbons (Fsp3) is 0.550. The van der Waals surface area contributed by atoms with Gasteiger partial charge in [-0.2, -0.15) is 5.10 Å². The predicted molar refractivity (Wildman–Crippen MR) is 102 cm³/mol. The molecule has 0 aliphatic carbocycles. The number of piperidine rings is 1. The van der Waals surface area contributed by atoms with Crippen LogP contribution in [0.2, 0.25) is 0 Å². The van der Waals surface area contributed by atoms with E-state index < -0.39 is 0 Å². The molecular formula is C20H27N5O2. The van der Waals surface area contributed by atoms with Crippen molar-refractivity contribution in [3.05, 3.63) is 41.5 Å². The van der Waals surface area contributed by atoms with E-state index >= 15 is 0 Å². The van der Waals surface area contributed by atoms with Gasteiger partial charge in [0.05, 0.1) is 5.69 Å². The summed E-state index contributed by atoms with van der Waals surface area (Å²) in [6.45, 7) is 5.80. The van der Waals surface area contributed by atoms with Crippen LogP contribution >= 0.6 is 0 Å². The van der Waals surface area contributed by atoms with Crippen LogP contribution in [-0.2, 0) is 13.6 Å². The zero-order chi connectivity index (χ0) is 19.0. The zero-order valence-corrected chi connectivity index (χ0v) is 16.1. The Bertz CT molecular complexity index is 844. The lowest BCUT2D eigenvalue weighted by Gasteiger charge is -2.31. The Hall–Kier alpha value is -2.57. The predicted octanol–water partition coefficient (Wildman–Crippen LogP) is 2.11. The molecule has 2 amide bonds. The largest absolute Gasteiger partial charge is 0.347 e. The van der Waals surface area contributed by atoms with E-state index in [0.29, 0.717) is 11.6 Å². The lowest BCUT2D eigenvalue weighted by atomic mass is 9.93. The Balaban J connectivity index is 1.45. The van der Waals surface area contributed by atoms with E-state index in [1.54, 1.807) is 0 Å². The normalized spacial score (nSPS) is 18.5. The maximum Gasteiger partial charge on any atom is 0.272 e. The molecule has 0 aromatic carbocycles. The highest BCUT2D eigenvalue weighted by molar-refractivity contribution is 5.93. The Morgan fingerprint density at radius 2 is 2.00 bits per heavy atom. The SMILES string of the molecule is CCN1CCCn2nc(C3CCN(C(=O)c4cccn4C)CC3)cc2C1=O. The first-order valence-electron chi connectivity index (χ1n) is 9.86. The van der Waals surface area contributed by atoms with Crippen molar-refractivity contribution in [1.82, 2.24) is 24.1 Å². The van der Waals surface area contributed by atoms with Gasteiger partial charge in [0.2, 0.25) is 0 Å². The quantitative estimate of drug-likeness (QED) is 0.832. The first-order valence-corrected chi connectivity index (χ1v) is 9.86. The maximum absolute atomic E-state index is 12.7. The molecule has 7 heteroatoms. The van der Waals surface area contributed by atoms with Gasteiger partial charge in [-0.25, -0.2) is 0 Å². The molecule has 2 aromatic rings. The van der Waals surface area contributed by atoms with Crippen molar-refractivity contribution in [3.8, 4) is 0 Å². The number of nitrogens with zero attached hydrogens (tertiary/aromatic N) is 5. The summed E-state index contributed by atoms with van der Waals surface area (Å²) in [5, 5.41) is 4.75. The molecule has 2 aromatic heterocycles. The first-order chi connectivity index (χ1) is 13.1. The van der Waals surface area contributed by atoms with Crippen LogP contribution in [-0.4, -0.2) is 62.1 Å². The van der Waals surface area contributed by atoms with Crippen LogP contribution in [0.4, 0.5) is 0 Å². The van der Waals surface area contributed by atoms with Gasteiger partial charge in [0.15, 0.2) is 0 Å². The second-order valence-electron chi connectivity index (χ2n) is 7.49. The topological polar surface area (TPSA) is 63.4 Å². The number of rotatable bonds is 3. The van der Waals surface area contributed by atoms with E-state index in [4.69, 9.17) is 5.10 Å². The van der Waals surface area contributed by atoms with Gasteiger partial charge in [-0.3, -0.25) is 14.3 Å². The summed E-state index contributed by atoms with van der Waals surface area (Å²) in [6, 6.07) is 5.75. The summed E-state index contributed by atoms with van der Waals surface area (Å²) in [6.07, 6.45) is 4.61. The molecule has 0 N–H and O–H groups in total. The Kier molecular flexibility index (Phi) is 4.76. The van der Waals surface area contributed by atoms with Crippen molar-refractivity contribution < 1.29 is 9.59 Å². The highest BCUT2D eigenvalue weighted by Crippen LogP contribution is 2.29. The number of amides is 2. The minimum atomic E-state index is 0.0880. The average Bonchev–Trinajstić information content (AvgIpc) is 3.27. The standard InChI is InChI=1S/C20H27N5O2/c1-3-23-10-5-11-25-18(20(23)27)14-16(21-25)15-7-12-24(13-8-15)19(26)17-6-4-9-22(17)2/h4,6,9,14-15H,3,5,7-8,10-13H2,1-2H3. The summed E-state index contributed by atoms with van der Waals surface area (Å²) in [4.78, 5) is 29.2. The first kappa shape index (κ1) is 17.8. The van der Waals surface area contributed by atoms with Gasteiger partial charge in [0.1, 0.15) is 11.4 Å². The number of hydrogen-bond acceptors (Lipinski definition) is 3. The fourth-order valence-electron chi connectivity index (χ4n) is 4.18. The smallest absolute Gasteiger partial charge is 0.272 e. The van der Waals surface area contributed by atoms with E-state index in [9.17, 15) is 9.59 Å². The number of carbonyl (C=O) groups excluding carboxylic acids is 2. The summed E-state index contributed by atoms with van der Waals surface area (Å²) in [7, 11) is 1.90. The van der Waals surface area contributed by atoms with E-state index in [2.05, 4.69) is 0 Å². The third-order valence-corrected chi connectivity index (χ3v) is 5.85. The third-order valence-electron chi connectivity index (χ3n) is 5.85. The number of carbonyl (C=O) groups is 2. The van der Waals surface area contributed by atoms with Crippen molar-refractivity contribution in [1.29, 1.82) is 0 Å². The molecule has 0 atom stereocenters. The molecule has 1 fully saturated rings. The molecule has 7 nitrogen and oxygen atoms in total.